The van der Waals surface area contributed by atoms with Crippen LogP contribution in [0.15, 0.2) is 18.5 Å². The molecule has 1 aliphatic carbocycles. The summed E-state index contributed by atoms with van der Waals surface area (Å²) in [7, 11) is 0. The van der Waals surface area contributed by atoms with Gasteiger partial charge in [-0.25, -0.2) is 0 Å². The highest BCUT2D eigenvalue weighted by Crippen LogP contribution is 2.42. The summed E-state index contributed by atoms with van der Waals surface area (Å²) in [6.07, 6.45) is 5.80. The second-order valence-electron chi connectivity index (χ2n) is 4.44. The summed E-state index contributed by atoms with van der Waals surface area (Å²) in [6, 6.07) is 2.02. The molecule has 2 atom stereocenters. The van der Waals surface area contributed by atoms with Crippen LogP contribution in [0.4, 0.5) is 0 Å². The van der Waals surface area contributed by atoms with Crippen LogP contribution in [-0.4, -0.2) is 10.1 Å². The van der Waals surface area contributed by atoms with Crippen molar-refractivity contribution in [1.29, 1.82) is 0 Å². The molecule has 76 valence electrons. The zero-order valence-electron chi connectivity index (χ0n) is 8.77. The lowest BCUT2D eigenvalue weighted by Crippen LogP contribution is -2.11. The van der Waals surface area contributed by atoms with Crippen molar-refractivity contribution in [3.63, 3.8) is 0 Å². The molecule has 2 rings (SSSR count). The van der Waals surface area contributed by atoms with E-state index in [1.807, 2.05) is 19.2 Å². The molecule has 1 N–H and O–H groups in total. The minimum absolute atomic E-state index is 0.338. The van der Waals surface area contributed by atoms with Crippen LogP contribution in [0.1, 0.15) is 37.0 Å². The number of aromatic nitrogens is 1. The summed E-state index contributed by atoms with van der Waals surface area (Å²) in [5, 5.41) is 10.1. The summed E-state index contributed by atoms with van der Waals surface area (Å²) in [5.74, 6) is 1.10. The molecule has 0 spiro atoms. The van der Waals surface area contributed by atoms with Crippen molar-refractivity contribution >= 4 is 0 Å². The van der Waals surface area contributed by atoms with E-state index in [0.717, 1.165) is 17.0 Å². The van der Waals surface area contributed by atoms with E-state index >= 15 is 0 Å². The van der Waals surface area contributed by atoms with Gasteiger partial charge in [-0.3, -0.25) is 4.98 Å². The van der Waals surface area contributed by atoms with Crippen molar-refractivity contribution < 1.29 is 5.11 Å². The van der Waals surface area contributed by atoms with Gasteiger partial charge in [-0.05, 0) is 42.7 Å². The molecule has 2 unspecified atom stereocenters. The molecule has 14 heavy (non-hydrogen) atoms. The lowest BCUT2D eigenvalue weighted by molar-refractivity contribution is 0.105. The molecular formula is C12H17NO. The molecular weight excluding hydrogens is 174 g/mol. The third-order valence-corrected chi connectivity index (χ3v) is 3.10. The number of aliphatic hydroxyl groups excluding tert-OH is 1. The van der Waals surface area contributed by atoms with Crippen LogP contribution in [-0.2, 0) is 0 Å². The Labute approximate surface area is 85.0 Å². The molecule has 1 aromatic rings. The number of nitrogens with zero attached hydrogens (tertiary/aromatic N) is 1. The summed E-state index contributed by atoms with van der Waals surface area (Å²) in [6.45, 7) is 4.13. The lowest BCUT2D eigenvalue weighted by Gasteiger charge is -2.18. The number of aryl methyl sites for hydroxylation is 1. The Kier molecular flexibility index (Phi) is 2.55. The zero-order chi connectivity index (χ0) is 10.1. The smallest absolute Gasteiger partial charge is 0.0833 e. The van der Waals surface area contributed by atoms with Gasteiger partial charge in [-0.15, -0.1) is 0 Å². The van der Waals surface area contributed by atoms with Gasteiger partial charge in [0.1, 0.15) is 0 Å². The maximum atomic E-state index is 10.1. The number of pyridine rings is 1. The number of hydrogen-bond acceptors (Lipinski definition) is 2. The van der Waals surface area contributed by atoms with Gasteiger partial charge in [0, 0.05) is 12.4 Å². The van der Waals surface area contributed by atoms with E-state index in [1.54, 1.807) is 6.20 Å². The van der Waals surface area contributed by atoms with Crippen LogP contribution >= 0.6 is 0 Å². The molecule has 2 heteroatoms. The molecule has 1 heterocycles. The predicted octanol–water partition coefficient (Wildman–Crippen LogP) is 2.47. The van der Waals surface area contributed by atoms with Gasteiger partial charge in [-0.2, -0.15) is 0 Å². The zero-order valence-corrected chi connectivity index (χ0v) is 8.77. The Hall–Kier alpha value is -0.890. The van der Waals surface area contributed by atoms with Gasteiger partial charge >= 0.3 is 0 Å². The molecule has 1 fully saturated rings. The van der Waals surface area contributed by atoms with Crippen LogP contribution in [0.3, 0.4) is 0 Å². The molecule has 0 aromatic carbocycles. The van der Waals surface area contributed by atoms with Crippen molar-refractivity contribution in [2.75, 3.05) is 0 Å². The monoisotopic (exact) mass is 191 g/mol. The standard InChI is InChI=1S/C12H17NO/c1-8-5-11(7-13-6-8)12(14)9(2)10-3-4-10/h5-7,9-10,12,14H,3-4H2,1-2H3. The number of hydrogen-bond donors (Lipinski definition) is 1. The van der Waals surface area contributed by atoms with Gasteiger partial charge in [0.15, 0.2) is 0 Å². The average Bonchev–Trinajstić information content (AvgIpc) is 2.99. The highest BCUT2D eigenvalue weighted by Gasteiger charge is 2.33. The Balaban J connectivity index is 2.13. The van der Waals surface area contributed by atoms with Gasteiger partial charge in [0.25, 0.3) is 0 Å². The first-order valence-electron chi connectivity index (χ1n) is 5.28. The van der Waals surface area contributed by atoms with Gasteiger partial charge < -0.3 is 5.11 Å². The fourth-order valence-electron chi connectivity index (χ4n) is 1.92. The van der Waals surface area contributed by atoms with E-state index in [1.165, 1.54) is 12.8 Å². The molecule has 0 bridgehead atoms. The Bertz CT molecular complexity index is 320. The van der Waals surface area contributed by atoms with E-state index in [9.17, 15) is 5.11 Å². The first-order chi connectivity index (χ1) is 6.68. The molecule has 2 nitrogen and oxygen atoms in total. The molecule has 1 aromatic heterocycles. The van der Waals surface area contributed by atoms with Crippen LogP contribution in [0.25, 0.3) is 0 Å². The van der Waals surface area contributed by atoms with Crippen LogP contribution < -0.4 is 0 Å². The Morgan fingerprint density at radius 2 is 2.14 bits per heavy atom. The van der Waals surface area contributed by atoms with Gasteiger partial charge in [0.2, 0.25) is 0 Å². The molecule has 1 saturated carbocycles. The normalized spacial score (nSPS) is 20.5. The maximum absolute atomic E-state index is 10.1. The first-order valence-corrected chi connectivity index (χ1v) is 5.28. The van der Waals surface area contributed by atoms with Crippen molar-refractivity contribution in [2.24, 2.45) is 11.8 Å². The summed E-state index contributed by atoms with van der Waals surface area (Å²) in [5.41, 5.74) is 2.08. The summed E-state index contributed by atoms with van der Waals surface area (Å²) >= 11 is 0. The minimum Gasteiger partial charge on any atom is -0.388 e. The third kappa shape index (κ3) is 1.95. The number of rotatable bonds is 3. The molecule has 0 aliphatic heterocycles. The topological polar surface area (TPSA) is 33.1 Å². The highest BCUT2D eigenvalue weighted by atomic mass is 16.3. The van der Waals surface area contributed by atoms with E-state index in [-0.39, 0.29) is 6.10 Å². The van der Waals surface area contributed by atoms with Crippen molar-refractivity contribution in [3.05, 3.63) is 29.6 Å². The molecule has 0 radical (unpaired) electrons. The second kappa shape index (κ2) is 3.70. The Morgan fingerprint density at radius 3 is 2.71 bits per heavy atom. The van der Waals surface area contributed by atoms with Gasteiger partial charge in [0.05, 0.1) is 6.10 Å². The first kappa shape index (κ1) is 9.66. The average molecular weight is 191 g/mol. The lowest BCUT2D eigenvalue weighted by atomic mass is 9.94. The van der Waals surface area contributed by atoms with E-state index in [4.69, 9.17) is 0 Å². The number of aliphatic hydroxyl groups is 1. The van der Waals surface area contributed by atoms with Crippen LogP contribution in [0.2, 0.25) is 0 Å². The highest BCUT2D eigenvalue weighted by molar-refractivity contribution is 5.19. The molecule has 0 amide bonds. The SMILES string of the molecule is Cc1cncc(C(O)C(C)C2CC2)c1. The minimum atomic E-state index is -0.338. The fourth-order valence-corrected chi connectivity index (χ4v) is 1.92. The summed E-state index contributed by atoms with van der Waals surface area (Å²) in [4.78, 5) is 4.11. The van der Waals surface area contributed by atoms with Crippen LogP contribution in [0, 0.1) is 18.8 Å². The molecule has 1 aliphatic rings. The fraction of sp³-hybridized carbons (Fsp3) is 0.583. The predicted molar refractivity (Wildman–Crippen MR) is 55.8 cm³/mol. The van der Waals surface area contributed by atoms with Crippen molar-refractivity contribution in [3.8, 4) is 0 Å². The maximum Gasteiger partial charge on any atom is 0.0833 e. The van der Waals surface area contributed by atoms with Crippen molar-refractivity contribution in [1.82, 2.24) is 4.98 Å². The second-order valence-corrected chi connectivity index (χ2v) is 4.44. The summed E-state index contributed by atoms with van der Waals surface area (Å²) < 4.78 is 0. The Morgan fingerprint density at radius 1 is 1.43 bits per heavy atom. The van der Waals surface area contributed by atoms with Gasteiger partial charge in [-0.1, -0.05) is 13.0 Å². The van der Waals surface area contributed by atoms with E-state index in [0.29, 0.717) is 5.92 Å². The molecule has 0 saturated heterocycles. The van der Waals surface area contributed by atoms with E-state index in [2.05, 4.69) is 11.9 Å². The third-order valence-electron chi connectivity index (χ3n) is 3.10. The largest absolute Gasteiger partial charge is 0.388 e. The van der Waals surface area contributed by atoms with E-state index < -0.39 is 0 Å². The van der Waals surface area contributed by atoms with Crippen molar-refractivity contribution in [2.45, 2.75) is 32.8 Å². The quantitative estimate of drug-likeness (QED) is 0.796. The van der Waals surface area contributed by atoms with Crippen LogP contribution in [0.5, 0.6) is 0 Å².